The van der Waals surface area contributed by atoms with Gasteiger partial charge in [0.25, 0.3) is 17.7 Å². The molecule has 0 radical (unpaired) electrons. The van der Waals surface area contributed by atoms with Gasteiger partial charge in [-0.3, -0.25) is 25.2 Å². The number of para-hydroxylation sites is 1. The van der Waals surface area contributed by atoms with E-state index in [2.05, 4.69) is 16.2 Å². The summed E-state index contributed by atoms with van der Waals surface area (Å²) in [5, 5.41) is 2.80. The number of carbonyl (C=O) groups is 3. The standard InChI is InChI=1S/C26H27N3O4/c1-17(2)21-9-6-7-11-23(21)33-16-24(30)28-29-25(31)19-12-14-20(15-13-19)27-26(32)22-10-5-4-8-18(22)3/h4-15,17H,16H2,1-3H3,(H,27,32)(H,28,30)(H,29,31). The molecule has 3 rings (SSSR count). The lowest BCUT2D eigenvalue weighted by atomic mass is 10.0. The first-order valence-electron chi connectivity index (χ1n) is 10.6. The number of hydrogen-bond donors (Lipinski definition) is 3. The molecule has 7 heteroatoms. The van der Waals surface area contributed by atoms with Gasteiger partial charge in [-0.15, -0.1) is 0 Å². The summed E-state index contributed by atoms with van der Waals surface area (Å²) in [6.07, 6.45) is 0. The molecule has 0 aliphatic heterocycles. The molecule has 0 aliphatic rings. The predicted octanol–water partition coefficient (Wildman–Crippen LogP) is 4.21. The number of benzene rings is 3. The van der Waals surface area contributed by atoms with Crippen molar-refractivity contribution in [2.75, 3.05) is 11.9 Å². The molecule has 0 saturated carbocycles. The van der Waals surface area contributed by atoms with Gasteiger partial charge in [0.1, 0.15) is 5.75 Å². The molecular weight excluding hydrogens is 418 g/mol. The monoisotopic (exact) mass is 445 g/mol. The summed E-state index contributed by atoms with van der Waals surface area (Å²) in [6.45, 7) is 5.72. The minimum Gasteiger partial charge on any atom is -0.483 e. The van der Waals surface area contributed by atoms with E-state index in [1.165, 1.54) is 0 Å². The van der Waals surface area contributed by atoms with Crippen molar-refractivity contribution in [3.8, 4) is 5.75 Å². The highest BCUT2D eigenvalue weighted by Crippen LogP contribution is 2.25. The van der Waals surface area contributed by atoms with Crippen molar-refractivity contribution in [3.63, 3.8) is 0 Å². The van der Waals surface area contributed by atoms with Crippen LogP contribution in [0.15, 0.2) is 72.8 Å². The minimum atomic E-state index is -0.484. The number of nitrogens with one attached hydrogen (secondary N) is 3. The Balaban J connectivity index is 1.49. The first-order valence-corrected chi connectivity index (χ1v) is 10.6. The summed E-state index contributed by atoms with van der Waals surface area (Å²) in [5.74, 6) is -0.297. The molecule has 0 heterocycles. The smallest absolute Gasteiger partial charge is 0.276 e. The number of hydrogen-bond acceptors (Lipinski definition) is 4. The van der Waals surface area contributed by atoms with Gasteiger partial charge < -0.3 is 10.1 Å². The zero-order chi connectivity index (χ0) is 23.8. The van der Waals surface area contributed by atoms with Crippen molar-refractivity contribution in [2.24, 2.45) is 0 Å². The molecular formula is C26H27N3O4. The van der Waals surface area contributed by atoms with E-state index in [-0.39, 0.29) is 18.4 Å². The second-order valence-corrected chi connectivity index (χ2v) is 7.83. The largest absolute Gasteiger partial charge is 0.483 e. The highest BCUT2D eigenvalue weighted by atomic mass is 16.5. The van der Waals surface area contributed by atoms with Crippen LogP contribution in [0.3, 0.4) is 0 Å². The van der Waals surface area contributed by atoms with Gasteiger partial charge in [-0.2, -0.15) is 0 Å². The number of hydrazine groups is 1. The van der Waals surface area contributed by atoms with Gasteiger partial charge in [0.15, 0.2) is 6.61 Å². The van der Waals surface area contributed by atoms with Crippen LogP contribution < -0.4 is 20.9 Å². The molecule has 0 aromatic heterocycles. The van der Waals surface area contributed by atoms with Crippen LogP contribution in [-0.4, -0.2) is 24.3 Å². The van der Waals surface area contributed by atoms with Crippen molar-refractivity contribution >= 4 is 23.4 Å². The van der Waals surface area contributed by atoms with Crippen molar-refractivity contribution < 1.29 is 19.1 Å². The van der Waals surface area contributed by atoms with Crippen molar-refractivity contribution in [2.45, 2.75) is 26.7 Å². The Kier molecular flexibility index (Phi) is 7.81. The van der Waals surface area contributed by atoms with Gasteiger partial charge >= 0.3 is 0 Å². The summed E-state index contributed by atoms with van der Waals surface area (Å²) < 4.78 is 5.59. The summed E-state index contributed by atoms with van der Waals surface area (Å²) >= 11 is 0. The van der Waals surface area contributed by atoms with Crippen LogP contribution in [0.25, 0.3) is 0 Å². The average molecular weight is 446 g/mol. The number of anilines is 1. The molecule has 0 bridgehead atoms. The van der Waals surface area contributed by atoms with E-state index in [9.17, 15) is 14.4 Å². The van der Waals surface area contributed by atoms with E-state index >= 15 is 0 Å². The van der Waals surface area contributed by atoms with Crippen LogP contribution in [-0.2, 0) is 4.79 Å². The topological polar surface area (TPSA) is 96.5 Å². The third-order valence-electron chi connectivity index (χ3n) is 5.01. The van der Waals surface area contributed by atoms with Crippen LogP contribution in [0.5, 0.6) is 5.75 Å². The number of aryl methyl sites for hydroxylation is 1. The van der Waals surface area contributed by atoms with E-state index < -0.39 is 11.8 Å². The second-order valence-electron chi connectivity index (χ2n) is 7.83. The molecule has 3 N–H and O–H groups in total. The molecule has 3 aromatic carbocycles. The predicted molar refractivity (Wildman–Crippen MR) is 127 cm³/mol. The molecule has 0 aliphatic carbocycles. The van der Waals surface area contributed by atoms with E-state index in [1.807, 2.05) is 51.1 Å². The maximum absolute atomic E-state index is 12.4. The normalized spacial score (nSPS) is 10.4. The first-order chi connectivity index (χ1) is 15.8. The fraction of sp³-hybridized carbons (Fsp3) is 0.192. The maximum Gasteiger partial charge on any atom is 0.276 e. The Hall–Kier alpha value is -4.13. The van der Waals surface area contributed by atoms with Crippen LogP contribution in [0.1, 0.15) is 51.6 Å². The molecule has 170 valence electrons. The summed E-state index contributed by atoms with van der Waals surface area (Å²) in [6, 6.07) is 21.2. The van der Waals surface area contributed by atoms with Crippen LogP contribution in [0.4, 0.5) is 5.69 Å². The fourth-order valence-corrected chi connectivity index (χ4v) is 3.20. The van der Waals surface area contributed by atoms with Gasteiger partial charge in [0.2, 0.25) is 0 Å². The zero-order valence-electron chi connectivity index (χ0n) is 18.8. The summed E-state index contributed by atoms with van der Waals surface area (Å²) in [4.78, 5) is 36.8. The molecule has 33 heavy (non-hydrogen) atoms. The third kappa shape index (κ3) is 6.43. The van der Waals surface area contributed by atoms with Crippen LogP contribution >= 0.6 is 0 Å². The van der Waals surface area contributed by atoms with Crippen molar-refractivity contribution in [3.05, 3.63) is 95.1 Å². The van der Waals surface area contributed by atoms with Crippen LogP contribution in [0, 0.1) is 6.92 Å². The molecule has 0 atom stereocenters. The van der Waals surface area contributed by atoms with E-state index in [0.29, 0.717) is 22.6 Å². The Bertz CT molecular complexity index is 1140. The number of ether oxygens (including phenoxy) is 1. The van der Waals surface area contributed by atoms with Crippen LogP contribution in [0.2, 0.25) is 0 Å². The number of amides is 3. The average Bonchev–Trinajstić information content (AvgIpc) is 2.82. The molecule has 0 spiro atoms. The highest BCUT2D eigenvalue weighted by Gasteiger charge is 2.12. The number of rotatable bonds is 7. The minimum absolute atomic E-state index is 0.225. The molecule has 3 amide bonds. The Morgan fingerprint density at radius 3 is 2.18 bits per heavy atom. The SMILES string of the molecule is Cc1ccccc1C(=O)Nc1ccc(C(=O)NNC(=O)COc2ccccc2C(C)C)cc1. The Labute approximate surface area is 193 Å². The summed E-state index contributed by atoms with van der Waals surface area (Å²) in [7, 11) is 0. The Morgan fingerprint density at radius 1 is 0.818 bits per heavy atom. The molecule has 3 aromatic rings. The second kappa shape index (κ2) is 10.9. The van der Waals surface area contributed by atoms with Gasteiger partial charge in [-0.05, 0) is 60.4 Å². The lowest BCUT2D eigenvalue weighted by Gasteiger charge is -2.14. The highest BCUT2D eigenvalue weighted by molar-refractivity contribution is 6.05. The zero-order valence-corrected chi connectivity index (χ0v) is 18.8. The van der Waals surface area contributed by atoms with E-state index in [4.69, 9.17) is 4.74 Å². The van der Waals surface area contributed by atoms with Gasteiger partial charge in [-0.1, -0.05) is 50.2 Å². The quantitative estimate of drug-likeness (QED) is 0.475. The van der Waals surface area contributed by atoms with Gasteiger partial charge in [0.05, 0.1) is 0 Å². The lowest BCUT2D eigenvalue weighted by molar-refractivity contribution is -0.123. The van der Waals surface area contributed by atoms with Gasteiger partial charge in [0, 0.05) is 16.8 Å². The Morgan fingerprint density at radius 2 is 1.48 bits per heavy atom. The number of carbonyl (C=O) groups excluding carboxylic acids is 3. The van der Waals surface area contributed by atoms with Gasteiger partial charge in [-0.25, -0.2) is 0 Å². The molecule has 0 fully saturated rings. The maximum atomic E-state index is 12.4. The summed E-state index contributed by atoms with van der Waals surface area (Å²) in [5.41, 5.74) is 8.05. The lowest BCUT2D eigenvalue weighted by Crippen LogP contribution is -2.43. The fourth-order valence-electron chi connectivity index (χ4n) is 3.20. The van der Waals surface area contributed by atoms with E-state index in [1.54, 1.807) is 42.5 Å². The molecule has 0 saturated heterocycles. The molecule has 0 unspecified atom stereocenters. The van der Waals surface area contributed by atoms with E-state index in [0.717, 1.165) is 11.1 Å². The van der Waals surface area contributed by atoms with Crippen molar-refractivity contribution in [1.82, 2.24) is 10.9 Å². The first kappa shape index (κ1) is 23.5. The van der Waals surface area contributed by atoms with Crippen molar-refractivity contribution in [1.29, 1.82) is 0 Å². The molecule has 7 nitrogen and oxygen atoms in total. The third-order valence-corrected chi connectivity index (χ3v) is 5.01.